The largest absolute Gasteiger partial charge is 0.327 e. The minimum Gasteiger partial charge on any atom is -0.327 e. The van der Waals surface area contributed by atoms with Gasteiger partial charge < -0.3 is 9.88 Å². The fraction of sp³-hybridized carbons (Fsp3) is 0.423. The molecule has 2 saturated heterocycles. The Morgan fingerprint density at radius 2 is 1.78 bits per heavy atom. The van der Waals surface area contributed by atoms with Gasteiger partial charge in [0.05, 0.1) is 17.9 Å². The van der Waals surface area contributed by atoms with Gasteiger partial charge in [-0.25, -0.2) is 31.0 Å². The van der Waals surface area contributed by atoms with Gasteiger partial charge in [-0.1, -0.05) is 30.3 Å². The molecule has 3 heterocycles. The van der Waals surface area contributed by atoms with Crippen LogP contribution in [-0.2, 0) is 22.1 Å². The molecule has 1 N–H and O–H groups in total. The second kappa shape index (κ2) is 10.2. The molecule has 2 fully saturated rings. The average Bonchev–Trinajstić information content (AvgIpc) is 3.43. The summed E-state index contributed by atoms with van der Waals surface area (Å²) in [7, 11) is -4.27. The molecule has 0 spiro atoms. The molecule has 0 unspecified atom stereocenters. The third kappa shape index (κ3) is 4.68. The van der Waals surface area contributed by atoms with Crippen LogP contribution in [0.4, 0.5) is 17.6 Å². The van der Waals surface area contributed by atoms with Crippen molar-refractivity contribution in [1.82, 2.24) is 19.2 Å². The van der Waals surface area contributed by atoms with Crippen molar-refractivity contribution in [3.63, 3.8) is 0 Å². The molecule has 198 valence electrons. The van der Waals surface area contributed by atoms with Crippen LogP contribution in [0.15, 0.2) is 61.2 Å². The molecule has 0 aliphatic carbocycles. The monoisotopic (exact) mass is 536 g/mol. The van der Waals surface area contributed by atoms with Gasteiger partial charge in [0, 0.05) is 30.1 Å². The number of sulfonamides is 1. The molecule has 11 heteroatoms. The summed E-state index contributed by atoms with van der Waals surface area (Å²) < 4.78 is 88.5. The maximum atomic E-state index is 15.7. The van der Waals surface area contributed by atoms with Gasteiger partial charge in [0.2, 0.25) is 10.0 Å². The Hall–Kier alpha value is -2.76. The predicted octanol–water partition coefficient (Wildman–Crippen LogP) is 4.59. The van der Waals surface area contributed by atoms with Gasteiger partial charge >= 0.3 is 0 Å². The van der Waals surface area contributed by atoms with Gasteiger partial charge in [0.15, 0.2) is 0 Å². The highest BCUT2D eigenvalue weighted by atomic mass is 32.2. The summed E-state index contributed by atoms with van der Waals surface area (Å²) in [6.45, 7) is 0.497. The van der Waals surface area contributed by atoms with Gasteiger partial charge in [-0.2, -0.15) is 4.31 Å². The van der Waals surface area contributed by atoms with Crippen LogP contribution in [0, 0.1) is 11.6 Å². The Morgan fingerprint density at radius 3 is 2.43 bits per heavy atom. The molecule has 0 radical (unpaired) electrons. The van der Waals surface area contributed by atoms with Crippen LogP contribution in [0.25, 0.3) is 0 Å². The second-order valence-electron chi connectivity index (χ2n) is 9.64. The van der Waals surface area contributed by atoms with Crippen LogP contribution in [0.2, 0.25) is 0 Å². The van der Waals surface area contributed by atoms with E-state index in [0.717, 1.165) is 12.1 Å². The van der Waals surface area contributed by atoms with E-state index in [4.69, 9.17) is 0 Å². The molecule has 2 aliphatic heterocycles. The molecule has 2 atom stereocenters. The molecule has 1 aromatic heterocycles. The number of aromatic nitrogens is 2. The van der Waals surface area contributed by atoms with E-state index in [9.17, 15) is 17.2 Å². The van der Waals surface area contributed by atoms with Crippen LogP contribution in [0.3, 0.4) is 0 Å². The Labute approximate surface area is 213 Å². The molecule has 0 saturated carbocycles. The number of benzene rings is 2. The predicted molar refractivity (Wildman–Crippen MR) is 130 cm³/mol. The highest BCUT2D eigenvalue weighted by Crippen LogP contribution is 2.41. The topological polar surface area (TPSA) is 67.2 Å². The number of halogens is 4. The molecule has 2 aromatic carbocycles. The molecule has 0 amide bonds. The summed E-state index contributed by atoms with van der Waals surface area (Å²) in [5, 5.41) is 2.19. The van der Waals surface area contributed by atoms with Crippen molar-refractivity contribution in [2.24, 2.45) is 0 Å². The van der Waals surface area contributed by atoms with Gasteiger partial charge in [-0.05, 0) is 56.5 Å². The summed E-state index contributed by atoms with van der Waals surface area (Å²) >= 11 is 0. The number of piperidine rings is 1. The van der Waals surface area contributed by atoms with Crippen LogP contribution in [0.5, 0.6) is 0 Å². The average molecular weight is 537 g/mol. The SMILES string of the molecule is O=S1(=O)[C@@H](c2ccccc2)CC[C@H](C(F)F)N1Cc1cc(F)c(C2(n3ccnc3)CCNCC2)cc1F. The Morgan fingerprint density at radius 1 is 1.05 bits per heavy atom. The first-order chi connectivity index (χ1) is 17.7. The lowest BCUT2D eigenvalue weighted by Gasteiger charge is -2.40. The first-order valence-electron chi connectivity index (χ1n) is 12.3. The molecule has 37 heavy (non-hydrogen) atoms. The normalized spacial score (nSPS) is 23.8. The molecule has 3 aromatic rings. The molecular formula is C26H28F4N4O2S. The molecule has 6 nitrogen and oxygen atoms in total. The summed E-state index contributed by atoms with van der Waals surface area (Å²) in [5.41, 5.74) is -0.539. The van der Waals surface area contributed by atoms with Crippen molar-refractivity contribution in [3.05, 3.63) is 89.5 Å². The molecular weight excluding hydrogens is 508 g/mol. The van der Waals surface area contributed by atoms with Crippen molar-refractivity contribution in [2.45, 2.75) is 55.5 Å². The maximum Gasteiger partial charge on any atom is 0.255 e. The van der Waals surface area contributed by atoms with Crippen LogP contribution in [-0.4, -0.2) is 47.8 Å². The Bertz CT molecular complexity index is 1330. The van der Waals surface area contributed by atoms with Crippen molar-refractivity contribution < 1.29 is 26.0 Å². The number of imidazole rings is 1. The van der Waals surface area contributed by atoms with E-state index < -0.39 is 51.5 Å². The van der Waals surface area contributed by atoms with Crippen molar-refractivity contribution in [3.8, 4) is 0 Å². The number of rotatable bonds is 6. The summed E-state index contributed by atoms with van der Waals surface area (Å²) in [4.78, 5) is 4.07. The van der Waals surface area contributed by atoms with E-state index in [1.807, 2.05) is 0 Å². The van der Waals surface area contributed by atoms with E-state index in [1.165, 1.54) is 0 Å². The first-order valence-corrected chi connectivity index (χ1v) is 13.8. The van der Waals surface area contributed by atoms with Crippen molar-refractivity contribution >= 4 is 10.0 Å². The summed E-state index contributed by atoms with van der Waals surface area (Å²) in [6, 6.07) is 8.78. The third-order valence-electron chi connectivity index (χ3n) is 7.64. The second-order valence-corrected chi connectivity index (χ2v) is 11.7. The van der Waals surface area contributed by atoms with E-state index in [-0.39, 0.29) is 24.0 Å². The number of nitrogens with zero attached hydrogens (tertiary/aromatic N) is 3. The zero-order chi connectivity index (χ0) is 26.2. The summed E-state index contributed by atoms with van der Waals surface area (Å²) in [5.74, 6) is -1.55. The fourth-order valence-electron chi connectivity index (χ4n) is 5.69. The van der Waals surface area contributed by atoms with Gasteiger partial charge in [-0.3, -0.25) is 0 Å². The standard InChI is InChI=1S/C26H28F4N4O2S/c27-21-15-20(26(8-10-31-11-9-26)33-13-12-32-17-33)22(28)14-19(21)16-34-23(25(29)30)6-7-24(37(34,35)36)18-4-2-1-3-5-18/h1-5,12-15,17,23-25,31H,6-11,16H2/t23-,24-/m1/s1. The van der Waals surface area contributed by atoms with Crippen LogP contribution in [0.1, 0.15) is 47.6 Å². The number of alkyl halides is 2. The third-order valence-corrected chi connectivity index (χ3v) is 9.92. The van der Waals surface area contributed by atoms with Gasteiger partial charge in [-0.15, -0.1) is 0 Å². The molecule has 5 rings (SSSR count). The lowest BCUT2D eigenvalue weighted by Crippen LogP contribution is -2.49. The van der Waals surface area contributed by atoms with E-state index in [1.54, 1.807) is 53.6 Å². The Balaban J connectivity index is 1.52. The van der Waals surface area contributed by atoms with Gasteiger partial charge in [0.25, 0.3) is 6.43 Å². The number of hydrogen-bond donors (Lipinski definition) is 1. The van der Waals surface area contributed by atoms with Crippen LogP contribution < -0.4 is 5.32 Å². The van der Waals surface area contributed by atoms with E-state index in [2.05, 4.69) is 10.3 Å². The fourth-order valence-corrected chi connectivity index (χ4v) is 7.84. The molecule has 2 aliphatic rings. The number of nitrogens with one attached hydrogen (secondary N) is 1. The Kier molecular flexibility index (Phi) is 7.12. The smallest absolute Gasteiger partial charge is 0.255 e. The zero-order valence-electron chi connectivity index (χ0n) is 20.0. The minimum absolute atomic E-state index is 0.0229. The number of hydrogen-bond acceptors (Lipinski definition) is 4. The quantitative estimate of drug-likeness (QED) is 0.468. The molecule has 0 bridgehead atoms. The highest BCUT2D eigenvalue weighted by molar-refractivity contribution is 7.89. The maximum absolute atomic E-state index is 15.7. The summed E-state index contributed by atoms with van der Waals surface area (Å²) in [6.07, 6.45) is 2.79. The van der Waals surface area contributed by atoms with E-state index >= 15 is 8.78 Å². The zero-order valence-corrected chi connectivity index (χ0v) is 20.9. The van der Waals surface area contributed by atoms with Crippen molar-refractivity contribution in [2.75, 3.05) is 13.1 Å². The first kappa shape index (κ1) is 25.9. The van der Waals surface area contributed by atoms with Gasteiger partial charge in [0.1, 0.15) is 16.9 Å². The van der Waals surface area contributed by atoms with E-state index in [0.29, 0.717) is 35.8 Å². The van der Waals surface area contributed by atoms with Crippen LogP contribution >= 0.6 is 0 Å². The minimum atomic E-state index is -4.27. The highest BCUT2D eigenvalue weighted by Gasteiger charge is 2.46. The lowest BCUT2D eigenvalue weighted by molar-refractivity contribution is 0.0472. The van der Waals surface area contributed by atoms with Crippen molar-refractivity contribution in [1.29, 1.82) is 0 Å². The lowest BCUT2D eigenvalue weighted by atomic mass is 9.80.